The molecule has 2 heterocycles. The van der Waals surface area contributed by atoms with Crippen LogP contribution in [0.2, 0.25) is 0 Å². The van der Waals surface area contributed by atoms with E-state index in [0.717, 1.165) is 6.42 Å². The minimum Gasteiger partial charge on any atom is -0.486 e. The molecule has 8 heteroatoms. The van der Waals surface area contributed by atoms with Gasteiger partial charge in [0.1, 0.15) is 13.2 Å². The van der Waals surface area contributed by atoms with E-state index >= 15 is 0 Å². The van der Waals surface area contributed by atoms with Crippen molar-refractivity contribution in [3.63, 3.8) is 0 Å². The minimum atomic E-state index is -3.60. The summed E-state index contributed by atoms with van der Waals surface area (Å²) in [5.74, 6) is 1.81. The van der Waals surface area contributed by atoms with Gasteiger partial charge < -0.3 is 14.4 Å². The summed E-state index contributed by atoms with van der Waals surface area (Å²) in [6.07, 6.45) is 0.953. The van der Waals surface area contributed by atoms with E-state index in [1.165, 1.54) is 10.4 Å². The average molecular weight is 366 g/mol. The number of carbonyl (C=O) groups is 1. The molecule has 1 amide bonds. The molecule has 1 aliphatic carbocycles. The van der Waals surface area contributed by atoms with E-state index in [9.17, 15) is 13.2 Å². The van der Waals surface area contributed by atoms with Crippen molar-refractivity contribution < 1.29 is 22.7 Å². The van der Waals surface area contributed by atoms with Gasteiger partial charge in [-0.1, -0.05) is 6.92 Å². The van der Waals surface area contributed by atoms with Crippen LogP contribution in [0.3, 0.4) is 0 Å². The molecule has 0 radical (unpaired) electrons. The molecular formula is C17H22N2O5S. The number of rotatable bonds is 3. The lowest BCUT2D eigenvalue weighted by Gasteiger charge is -2.34. The van der Waals surface area contributed by atoms with Gasteiger partial charge in [0, 0.05) is 38.2 Å². The lowest BCUT2D eigenvalue weighted by Crippen LogP contribution is -2.51. The fourth-order valence-electron chi connectivity index (χ4n) is 3.38. The van der Waals surface area contributed by atoms with Crippen molar-refractivity contribution in [3.05, 3.63) is 18.2 Å². The predicted octanol–water partition coefficient (Wildman–Crippen LogP) is 0.947. The molecule has 1 aromatic carbocycles. The molecule has 1 saturated heterocycles. The van der Waals surface area contributed by atoms with Crippen molar-refractivity contribution in [1.29, 1.82) is 0 Å². The normalized spacial score (nSPS) is 26.4. The molecule has 4 rings (SSSR count). The highest BCUT2D eigenvalue weighted by Crippen LogP contribution is 2.39. The molecule has 25 heavy (non-hydrogen) atoms. The maximum atomic E-state index is 12.9. The zero-order valence-corrected chi connectivity index (χ0v) is 15.0. The van der Waals surface area contributed by atoms with Crippen LogP contribution in [-0.2, 0) is 14.8 Å². The summed E-state index contributed by atoms with van der Waals surface area (Å²) in [5.41, 5.74) is 0. The van der Waals surface area contributed by atoms with Gasteiger partial charge in [0.15, 0.2) is 11.5 Å². The number of ether oxygens (including phenoxy) is 2. The SMILES string of the molecule is C[C@H]1C[C@H]1C(=O)N1CCN(S(=O)(=O)c2ccc3c(c2)OCCO3)CC1. The molecule has 2 atom stereocenters. The number of hydrogen-bond acceptors (Lipinski definition) is 5. The van der Waals surface area contributed by atoms with Crippen molar-refractivity contribution in [3.8, 4) is 11.5 Å². The smallest absolute Gasteiger partial charge is 0.243 e. The van der Waals surface area contributed by atoms with Crippen molar-refractivity contribution in [1.82, 2.24) is 9.21 Å². The molecule has 0 aromatic heterocycles. The quantitative estimate of drug-likeness (QED) is 0.796. The number of sulfonamides is 1. The highest BCUT2D eigenvalue weighted by molar-refractivity contribution is 7.89. The number of fused-ring (bicyclic) bond motifs is 1. The first-order valence-corrected chi connectivity index (χ1v) is 10.1. The van der Waals surface area contributed by atoms with Crippen LogP contribution in [0.1, 0.15) is 13.3 Å². The molecule has 0 spiro atoms. The van der Waals surface area contributed by atoms with Gasteiger partial charge >= 0.3 is 0 Å². The first-order chi connectivity index (χ1) is 12.0. The molecule has 0 unspecified atom stereocenters. The van der Waals surface area contributed by atoms with Gasteiger partial charge in [0.25, 0.3) is 0 Å². The van der Waals surface area contributed by atoms with Crippen LogP contribution in [0.25, 0.3) is 0 Å². The fourth-order valence-corrected chi connectivity index (χ4v) is 4.82. The number of benzene rings is 1. The molecule has 0 N–H and O–H groups in total. The third kappa shape index (κ3) is 3.08. The Bertz CT molecular complexity index is 786. The molecule has 2 fully saturated rings. The minimum absolute atomic E-state index is 0.140. The van der Waals surface area contributed by atoms with Gasteiger partial charge in [0.05, 0.1) is 4.90 Å². The first kappa shape index (κ1) is 16.7. The van der Waals surface area contributed by atoms with Crippen molar-refractivity contribution in [2.24, 2.45) is 11.8 Å². The van der Waals surface area contributed by atoms with E-state index in [4.69, 9.17) is 9.47 Å². The van der Waals surface area contributed by atoms with Gasteiger partial charge in [-0.2, -0.15) is 4.31 Å². The van der Waals surface area contributed by atoms with Crippen LogP contribution in [-0.4, -0.2) is 62.9 Å². The Balaban J connectivity index is 1.45. The summed E-state index contributed by atoms with van der Waals surface area (Å²) < 4.78 is 38.1. The van der Waals surface area contributed by atoms with Crippen LogP contribution >= 0.6 is 0 Å². The lowest BCUT2D eigenvalue weighted by molar-refractivity contribution is -0.134. The predicted molar refractivity (Wildman–Crippen MR) is 90.0 cm³/mol. The van der Waals surface area contributed by atoms with E-state index in [1.807, 2.05) is 0 Å². The van der Waals surface area contributed by atoms with E-state index < -0.39 is 10.0 Å². The van der Waals surface area contributed by atoms with Gasteiger partial charge in [-0.05, 0) is 24.5 Å². The summed E-state index contributed by atoms with van der Waals surface area (Å²) in [6.45, 7) is 4.50. The highest BCUT2D eigenvalue weighted by atomic mass is 32.2. The Kier molecular flexibility index (Phi) is 4.11. The molecule has 3 aliphatic rings. The average Bonchev–Trinajstić information content (AvgIpc) is 3.37. The van der Waals surface area contributed by atoms with E-state index in [-0.39, 0.29) is 16.7 Å². The fraction of sp³-hybridized carbons (Fsp3) is 0.588. The Labute approximate surface area is 147 Å². The zero-order valence-electron chi connectivity index (χ0n) is 14.2. The van der Waals surface area contributed by atoms with Crippen LogP contribution in [0, 0.1) is 11.8 Å². The number of hydrogen-bond donors (Lipinski definition) is 0. The number of amides is 1. The molecule has 2 aliphatic heterocycles. The summed E-state index contributed by atoms with van der Waals surface area (Å²) in [6, 6.07) is 4.70. The monoisotopic (exact) mass is 366 g/mol. The van der Waals surface area contributed by atoms with Crippen molar-refractivity contribution in [2.75, 3.05) is 39.4 Å². The third-order valence-corrected chi connectivity index (χ3v) is 7.02. The molecule has 7 nitrogen and oxygen atoms in total. The lowest BCUT2D eigenvalue weighted by atomic mass is 10.2. The number of carbonyl (C=O) groups excluding carboxylic acids is 1. The second kappa shape index (κ2) is 6.17. The summed E-state index contributed by atoms with van der Waals surface area (Å²) in [4.78, 5) is 14.3. The molecular weight excluding hydrogens is 344 g/mol. The van der Waals surface area contributed by atoms with Crippen molar-refractivity contribution in [2.45, 2.75) is 18.2 Å². The van der Waals surface area contributed by atoms with Gasteiger partial charge in [-0.3, -0.25) is 4.79 Å². The number of nitrogens with zero attached hydrogens (tertiary/aromatic N) is 2. The van der Waals surface area contributed by atoms with Crippen molar-refractivity contribution >= 4 is 15.9 Å². The van der Waals surface area contributed by atoms with Gasteiger partial charge in [-0.25, -0.2) is 8.42 Å². The molecule has 0 bridgehead atoms. The van der Waals surface area contributed by atoms with Gasteiger partial charge in [-0.15, -0.1) is 0 Å². The first-order valence-electron chi connectivity index (χ1n) is 8.65. The van der Waals surface area contributed by atoms with Crippen LogP contribution in [0.15, 0.2) is 23.1 Å². The van der Waals surface area contributed by atoms with Gasteiger partial charge in [0.2, 0.25) is 15.9 Å². The summed E-state index contributed by atoms with van der Waals surface area (Å²) >= 11 is 0. The largest absolute Gasteiger partial charge is 0.486 e. The van der Waals surface area contributed by atoms with E-state index in [1.54, 1.807) is 17.0 Å². The van der Waals surface area contributed by atoms with Crippen LogP contribution in [0.5, 0.6) is 11.5 Å². The maximum Gasteiger partial charge on any atom is 0.243 e. The number of piperazine rings is 1. The standard InChI is InChI=1S/C17H22N2O5S/c1-12-10-14(12)17(20)18-4-6-19(7-5-18)25(21,22)13-2-3-15-16(11-13)24-9-8-23-15/h2-3,11-12,14H,4-10H2,1H3/t12-,14+/m0/s1. The molecule has 1 saturated carbocycles. The van der Waals surface area contributed by atoms with E-state index in [2.05, 4.69) is 6.92 Å². The van der Waals surface area contributed by atoms with Crippen LogP contribution in [0.4, 0.5) is 0 Å². The Hall–Kier alpha value is -1.80. The highest BCUT2D eigenvalue weighted by Gasteiger charge is 2.42. The maximum absolute atomic E-state index is 12.9. The topological polar surface area (TPSA) is 76.2 Å². The second-order valence-corrected chi connectivity index (χ2v) is 8.79. The summed E-state index contributed by atoms with van der Waals surface area (Å²) in [5, 5.41) is 0. The summed E-state index contributed by atoms with van der Waals surface area (Å²) in [7, 11) is -3.60. The second-order valence-electron chi connectivity index (χ2n) is 6.85. The third-order valence-electron chi connectivity index (χ3n) is 5.13. The van der Waals surface area contributed by atoms with Crippen LogP contribution < -0.4 is 9.47 Å². The molecule has 1 aromatic rings. The Morgan fingerprint density at radius 3 is 2.36 bits per heavy atom. The Morgan fingerprint density at radius 1 is 1.08 bits per heavy atom. The molecule has 136 valence electrons. The Morgan fingerprint density at radius 2 is 1.72 bits per heavy atom. The zero-order chi connectivity index (χ0) is 17.6. The van der Waals surface area contributed by atoms with E-state index in [0.29, 0.717) is 56.8 Å².